The summed E-state index contributed by atoms with van der Waals surface area (Å²) in [6.45, 7) is 4.93. The number of ether oxygens (including phenoxy) is 1. The van der Waals surface area contributed by atoms with Gasteiger partial charge in [-0.25, -0.2) is 9.78 Å². The first kappa shape index (κ1) is 21.9. The lowest BCUT2D eigenvalue weighted by atomic mass is 9.89. The van der Waals surface area contributed by atoms with Crippen LogP contribution in [0, 0.1) is 11.8 Å². The summed E-state index contributed by atoms with van der Waals surface area (Å²) < 4.78 is 4.55. The molecule has 28 heavy (non-hydrogen) atoms. The lowest BCUT2D eigenvalue weighted by molar-refractivity contribution is -0.134. The third kappa shape index (κ3) is 7.66. The van der Waals surface area contributed by atoms with E-state index in [2.05, 4.69) is 39.2 Å². The van der Waals surface area contributed by atoms with E-state index in [0.717, 1.165) is 6.54 Å². The van der Waals surface area contributed by atoms with Crippen molar-refractivity contribution in [2.24, 2.45) is 11.8 Å². The van der Waals surface area contributed by atoms with Crippen molar-refractivity contribution in [3.8, 4) is 0 Å². The first-order chi connectivity index (χ1) is 13.5. The second-order valence-electron chi connectivity index (χ2n) is 7.76. The van der Waals surface area contributed by atoms with Gasteiger partial charge in [0.15, 0.2) is 0 Å². The highest BCUT2D eigenvalue weighted by molar-refractivity contribution is 5.86. The summed E-state index contributed by atoms with van der Waals surface area (Å²) in [7, 11) is 1.32. The topological polar surface area (TPSA) is 93.2 Å². The minimum atomic E-state index is -0.448. The van der Waals surface area contributed by atoms with Crippen molar-refractivity contribution < 1.29 is 14.3 Å². The standard InChI is InChI=1S/C21H32N4O3/c1-15(2)11-18(21(27)24-12-16-7-5-4-6-8-16)25-19-14-22-17(13-23-19)9-10-20(26)28-3/h9-10,13-16,18H,4-8,11-12H2,1-3H3,(H,23,25)(H,24,27)/t18-/m1/s1. The first-order valence-electron chi connectivity index (χ1n) is 10.1. The molecule has 1 heterocycles. The molecule has 1 aromatic rings. The summed E-state index contributed by atoms with van der Waals surface area (Å²) in [6.07, 6.45) is 12.9. The minimum absolute atomic E-state index is 0.00994. The molecule has 0 spiro atoms. The molecule has 7 heteroatoms. The highest BCUT2D eigenvalue weighted by Crippen LogP contribution is 2.23. The molecule has 2 rings (SSSR count). The second-order valence-corrected chi connectivity index (χ2v) is 7.76. The number of esters is 1. The molecule has 1 atom stereocenters. The molecule has 1 saturated carbocycles. The van der Waals surface area contributed by atoms with E-state index >= 15 is 0 Å². The van der Waals surface area contributed by atoms with Crippen molar-refractivity contribution in [1.29, 1.82) is 0 Å². The van der Waals surface area contributed by atoms with Gasteiger partial charge in [-0.3, -0.25) is 9.78 Å². The van der Waals surface area contributed by atoms with Crippen molar-refractivity contribution in [2.45, 2.75) is 58.4 Å². The third-order valence-electron chi connectivity index (χ3n) is 4.90. The van der Waals surface area contributed by atoms with Crippen LogP contribution in [-0.2, 0) is 14.3 Å². The van der Waals surface area contributed by atoms with Crippen LogP contribution in [0.5, 0.6) is 0 Å². The van der Waals surface area contributed by atoms with Gasteiger partial charge in [-0.2, -0.15) is 0 Å². The van der Waals surface area contributed by atoms with Gasteiger partial charge in [0.25, 0.3) is 0 Å². The van der Waals surface area contributed by atoms with Gasteiger partial charge in [-0.05, 0) is 37.2 Å². The van der Waals surface area contributed by atoms with Crippen LogP contribution < -0.4 is 10.6 Å². The van der Waals surface area contributed by atoms with Crippen LogP contribution in [0.15, 0.2) is 18.5 Å². The molecule has 0 radical (unpaired) electrons. The van der Waals surface area contributed by atoms with Crippen LogP contribution >= 0.6 is 0 Å². The molecule has 1 fully saturated rings. The molecule has 0 saturated heterocycles. The fourth-order valence-electron chi connectivity index (χ4n) is 3.36. The molecule has 0 bridgehead atoms. The van der Waals surface area contributed by atoms with E-state index in [0.29, 0.717) is 29.8 Å². The molecular weight excluding hydrogens is 356 g/mol. The zero-order valence-corrected chi connectivity index (χ0v) is 17.1. The number of hydrogen-bond acceptors (Lipinski definition) is 6. The molecule has 1 aliphatic carbocycles. The van der Waals surface area contributed by atoms with Crippen molar-refractivity contribution in [3.05, 3.63) is 24.2 Å². The number of carbonyl (C=O) groups excluding carboxylic acids is 2. The number of amides is 1. The Labute approximate surface area is 167 Å². The summed E-state index contributed by atoms with van der Waals surface area (Å²) in [5.41, 5.74) is 0.540. The van der Waals surface area contributed by atoms with Gasteiger partial charge in [0.2, 0.25) is 5.91 Å². The Morgan fingerprint density at radius 1 is 1.21 bits per heavy atom. The van der Waals surface area contributed by atoms with Crippen molar-refractivity contribution in [2.75, 3.05) is 19.0 Å². The third-order valence-corrected chi connectivity index (χ3v) is 4.90. The number of hydrogen-bond donors (Lipinski definition) is 2. The number of methoxy groups -OCH3 is 1. The molecule has 154 valence electrons. The zero-order valence-electron chi connectivity index (χ0n) is 17.1. The first-order valence-corrected chi connectivity index (χ1v) is 10.1. The van der Waals surface area contributed by atoms with Crippen molar-refractivity contribution >= 4 is 23.8 Å². The Kier molecular flexibility index (Phi) is 8.91. The van der Waals surface area contributed by atoms with Crippen LogP contribution in [0.1, 0.15) is 58.1 Å². The van der Waals surface area contributed by atoms with Gasteiger partial charge < -0.3 is 15.4 Å². The maximum atomic E-state index is 12.7. The van der Waals surface area contributed by atoms with Gasteiger partial charge in [0, 0.05) is 12.6 Å². The van der Waals surface area contributed by atoms with Crippen LogP contribution in [0.2, 0.25) is 0 Å². The molecule has 0 aliphatic heterocycles. The second kappa shape index (κ2) is 11.4. The van der Waals surface area contributed by atoms with Gasteiger partial charge >= 0.3 is 5.97 Å². The van der Waals surface area contributed by atoms with E-state index in [4.69, 9.17) is 0 Å². The Hall–Kier alpha value is -2.44. The number of aromatic nitrogens is 2. The van der Waals surface area contributed by atoms with Crippen LogP contribution in [0.3, 0.4) is 0 Å². The summed E-state index contributed by atoms with van der Waals surface area (Å²) in [5, 5.41) is 6.32. The molecular formula is C21H32N4O3. The number of anilines is 1. The molecule has 0 unspecified atom stereocenters. The average molecular weight is 389 g/mol. The molecule has 1 aromatic heterocycles. The largest absolute Gasteiger partial charge is 0.466 e. The summed E-state index contributed by atoms with van der Waals surface area (Å²) in [5.74, 6) is 1.06. The van der Waals surface area contributed by atoms with Gasteiger partial charge in [0.05, 0.1) is 25.2 Å². The average Bonchev–Trinajstić information content (AvgIpc) is 2.71. The Bertz CT molecular complexity index is 652. The van der Waals surface area contributed by atoms with Gasteiger partial charge in [-0.15, -0.1) is 0 Å². The van der Waals surface area contributed by atoms with Crippen LogP contribution in [-0.4, -0.2) is 41.5 Å². The highest BCUT2D eigenvalue weighted by atomic mass is 16.5. The maximum absolute atomic E-state index is 12.7. The van der Waals surface area contributed by atoms with E-state index in [-0.39, 0.29) is 11.9 Å². The van der Waals surface area contributed by atoms with E-state index < -0.39 is 5.97 Å². The van der Waals surface area contributed by atoms with E-state index in [9.17, 15) is 9.59 Å². The van der Waals surface area contributed by atoms with Crippen molar-refractivity contribution in [3.63, 3.8) is 0 Å². The number of nitrogens with zero attached hydrogens (tertiary/aromatic N) is 2. The molecule has 2 N–H and O–H groups in total. The molecule has 1 aliphatic rings. The minimum Gasteiger partial charge on any atom is -0.466 e. The number of nitrogens with one attached hydrogen (secondary N) is 2. The summed E-state index contributed by atoms with van der Waals surface area (Å²) in [4.78, 5) is 32.4. The van der Waals surface area contributed by atoms with E-state index in [1.54, 1.807) is 12.4 Å². The van der Waals surface area contributed by atoms with Gasteiger partial charge in [-0.1, -0.05) is 33.1 Å². The normalized spacial score (nSPS) is 16.1. The Morgan fingerprint density at radius 2 is 1.96 bits per heavy atom. The van der Waals surface area contributed by atoms with E-state index in [1.807, 2.05) is 0 Å². The van der Waals surface area contributed by atoms with E-state index in [1.165, 1.54) is 51.4 Å². The Balaban J connectivity index is 1.93. The zero-order chi connectivity index (χ0) is 20.4. The number of carbonyl (C=O) groups is 2. The predicted octanol–water partition coefficient (Wildman–Crippen LogP) is 3.19. The highest BCUT2D eigenvalue weighted by Gasteiger charge is 2.22. The number of rotatable bonds is 9. The molecule has 0 aromatic carbocycles. The molecule has 1 amide bonds. The lowest BCUT2D eigenvalue weighted by Gasteiger charge is -2.24. The fourth-order valence-corrected chi connectivity index (χ4v) is 3.36. The Morgan fingerprint density at radius 3 is 2.57 bits per heavy atom. The predicted molar refractivity (Wildman–Crippen MR) is 110 cm³/mol. The SMILES string of the molecule is COC(=O)C=Cc1cnc(N[C@H](CC(C)C)C(=O)NCC2CCCCC2)cn1. The smallest absolute Gasteiger partial charge is 0.330 e. The van der Waals surface area contributed by atoms with Crippen LogP contribution in [0.25, 0.3) is 6.08 Å². The van der Waals surface area contributed by atoms with Gasteiger partial charge in [0.1, 0.15) is 11.9 Å². The monoisotopic (exact) mass is 388 g/mol. The van der Waals surface area contributed by atoms with Crippen LogP contribution in [0.4, 0.5) is 5.82 Å². The summed E-state index contributed by atoms with van der Waals surface area (Å²) in [6, 6.07) is -0.352. The maximum Gasteiger partial charge on any atom is 0.330 e. The van der Waals surface area contributed by atoms with Crippen molar-refractivity contribution in [1.82, 2.24) is 15.3 Å². The fraction of sp³-hybridized carbons (Fsp3) is 0.619. The molecule has 7 nitrogen and oxygen atoms in total. The summed E-state index contributed by atoms with van der Waals surface area (Å²) >= 11 is 0. The quantitative estimate of drug-likeness (QED) is 0.498. The lowest BCUT2D eigenvalue weighted by Crippen LogP contribution is -2.42.